The number of ether oxygens (including phenoxy) is 2. The van der Waals surface area contributed by atoms with Crippen LogP contribution in [0.4, 0.5) is 4.79 Å². The van der Waals surface area contributed by atoms with E-state index in [1.165, 1.54) is 0 Å². The number of benzene rings is 1. The minimum Gasteiger partial charge on any atom is -0.445 e. The van der Waals surface area contributed by atoms with E-state index in [0.717, 1.165) is 5.56 Å². The lowest BCUT2D eigenvalue weighted by Crippen LogP contribution is -2.43. The molecule has 0 saturated carbocycles. The highest BCUT2D eigenvalue weighted by atomic mass is 16.6. The van der Waals surface area contributed by atoms with Crippen LogP contribution in [0.3, 0.4) is 0 Å². The smallest absolute Gasteiger partial charge is 0.407 e. The van der Waals surface area contributed by atoms with E-state index in [0.29, 0.717) is 6.54 Å². The van der Waals surface area contributed by atoms with Crippen LogP contribution in [0, 0.1) is 5.41 Å². The molecule has 0 aliphatic rings. The molecule has 27 heavy (non-hydrogen) atoms. The summed E-state index contributed by atoms with van der Waals surface area (Å²) in [6.45, 7) is 9.40. The predicted molar refractivity (Wildman–Crippen MR) is 103 cm³/mol. The summed E-state index contributed by atoms with van der Waals surface area (Å²) < 4.78 is 10.5. The summed E-state index contributed by atoms with van der Waals surface area (Å²) in [7, 11) is 0. The standard InChI is InChI=1S/C20H32N2O5/c1-15(22-18(24)26-13-16-9-7-6-8-10-16)12-21-17(23)11-19(2,3)14-27-20(4,5)25/h6-10,15,25H,11-14H2,1-5H3,(H,21,23)(H,22,24)/t15-/m1/s1. The minimum absolute atomic E-state index is 0.148. The summed E-state index contributed by atoms with van der Waals surface area (Å²) in [6.07, 6.45) is -0.284. The zero-order valence-electron chi connectivity index (χ0n) is 16.9. The molecule has 0 unspecified atom stereocenters. The van der Waals surface area contributed by atoms with Crippen molar-refractivity contribution in [2.75, 3.05) is 13.2 Å². The van der Waals surface area contributed by atoms with Gasteiger partial charge in [0.25, 0.3) is 0 Å². The average Bonchev–Trinajstić information content (AvgIpc) is 2.57. The van der Waals surface area contributed by atoms with E-state index < -0.39 is 17.3 Å². The van der Waals surface area contributed by atoms with Crippen molar-refractivity contribution in [1.82, 2.24) is 10.6 Å². The summed E-state index contributed by atoms with van der Waals surface area (Å²) in [4.78, 5) is 23.9. The second kappa shape index (κ2) is 10.3. The number of amides is 2. The topological polar surface area (TPSA) is 96.9 Å². The van der Waals surface area contributed by atoms with Gasteiger partial charge < -0.3 is 25.2 Å². The molecule has 7 heteroatoms. The summed E-state index contributed by atoms with van der Waals surface area (Å²) >= 11 is 0. The molecule has 0 aromatic heterocycles. The molecular formula is C20H32N2O5. The van der Waals surface area contributed by atoms with Gasteiger partial charge in [0, 0.05) is 19.0 Å². The van der Waals surface area contributed by atoms with Crippen LogP contribution >= 0.6 is 0 Å². The van der Waals surface area contributed by atoms with E-state index in [-0.39, 0.29) is 31.6 Å². The van der Waals surface area contributed by atoms with Gasteiger partial charge in [-0.2, -0.15) is 0 Å². The van der Waals surface area contributed by atoms with Crippen LogP contribution < -0.4 is 10.6 Å². The van der Waals surface area contributed by atoms with Crippen molar-refractivity contribution in [2.24, 2.45) is 5.41 Å². The molecular weight excluding hydrogens is 348 g/mol. The number of carbonyl (C=O) groups excluding carboxylic acids is 2. The molecule has 1 rings (SSSR count). The van der Waals surface area contributed by atoms with E-state index in [9.17, 15) is 14.7 Å². The van der Waals surface area contributed by atoms with Crippen molar-refractivity contribution < 1.29 is 24.2 Å². The lowest BCUT2D eigenvalue weighted by molar-refractivity contribution is -0.192. The normalized spacial score (nSPS) is 13.0. The van der Waals surface area contributed by atoms with Gasteiger partial charge in [0.1, 0.15) is 6.61 Å². The van der Waals surface area contributed by atoms with Gasteiger partial charge in [-0.15, -0.1) is 0 Å². The first-order chi connectivity index (χ1) is 12.5. The molecule has 0 bridgehead atoms. The van der Waals surface area contributed by atoms with Gasteiger partial charge in [-0.05, 0) is 31.7 Å². The molecule has 0 spiro atoms. The molecule has 1 aromatic carbocycles. The SMILES string of the molecule is C[C@H](CNC(=O)CC(C)(C)COC(C)(C)O)NC(=O)OCc1ccccc1. The molecule has 3 N–H and O–H groups in total. The monoisotopic (exact) mass is 380 g/mol. The molecule has 1 atom stereocenters. The number of nitrogens with one attached hydrogen (secondary N) is 2. The molecule has 0 aliphatic carbocycles. The van der Waals surface area contributed by atoms with Crippen LogP contribution in [0.15, 0.2) is 30.3 Å². The second-order valence-electron chi connectivity index (χ2n) is 7.99. The summed E-state index contributed by atoms with van der Waals surface area (Å²) in [5.41, 5.74) is 0.485. The molecule has 1 aromatic rings. The maximum absolute atomic E-state index is 12.1. The fraction of sp³-hybridized carbons (Fsp3) is 0.600. The lowest BCUT2D eigenvalue weighted by Gasteiger charge is -2.28. The zero-order valence-corrected chi connectivity index (χ0v) is 16.9. The molecule has 0 heterocycles. The van der Waals surface area contributed by atoms with Crippen molar-refractivity contribution >= 4 is 12.0 Å². The summed E-state index contributed by atoms with van der Waals surface area (Å²) in [5, 5.41) is 15.1. The number of hydrogen-bond donors (Lipinski definition) is 3. The van der Waals surface area contributed by atoms with Crippen LogP contribution in [-0.2, 0) is 20.9 Å². The van der Waals surface area contributed by atoms with E-state index in [1.54, 1.807) is 20.8 Å². The second-order valence-corrected chi connectivity index (χ2v) is 7.99. The third-order valence-electron chi connectivity index (χ3n) is 3.64. The summed E-state index contributed by atoms with van der Waals surface area (Å²) in [6, 6.07) is 9.13. The first kappa shape index (κ1) is 22.9. The first-order valence-electron chi connectivity index (χ1n) is 9.07. The Hall–Kier alpha value is -2.12. The van der Waals surface area contributed by atoms with Crippen molar-refractivity contribution in [1.29, 1.82) is 0 Å². The highest BCUT2D eigenvalue weighted by Gasteiger charge is 2.26. The van der Waals surface area contributed by atoms with E-state index in [1.807, 2.05) is 44.2 Å². The Bertz CT molecular complexity index is 596. The Morgan fingerprint density at radius 2 is 1.78 bits per heavy atom. The predicted octanol–water partition coefficient (Wildman–Crippen LogP) is 2.58. The van der Waals surface area contributed by atoms with E-state index in [2.05, 4.69) is 10.6 Å². The van der Waals surface area contributed by atoms with E-state index in [4.69, 9.17) is 9.47 Å². The maximum atomic E-state index is 12.1. The Labute approximate surface area is 161 Å². The van der Waals surface area contributed by atoms with Gasteiger partial charge in [-0.3, -0.25) is 4.79 Å². The Morgan fingerprint density at radius 1 is 1.15 bits per heavy atom. The molecule has 0 saturated heterocycles. The number of hydrogen-bond acceptors (Lipinski definition) is 5. The van der Waals surface area contributed by atoms with Gasteiger partial charge in [-0.1, -0.05) is 44.2 Å². The largest absolute Gasteiger partial charge is 0.445 e. The quantitative estimate of drug-likeness (QED) is 0.542. The van der Waals surface area contributed by atoms with Gasteiger partial charge >= 0.3 is 6.09 Å². The zero-order chi connectivity index (χ0) is 20.5. The fourth-order valence-corrected chi connectivity index (χ4v) is 2.20. The minimum atomic E-state index is -1.23. The molecule has 0 fully saturated rings. The Balaban J connectivity index is 2.27. The van der Waals surface area contributed by atoms with Crippen molar-refractivity contribution in [3.8, 4) is 0 Å². The first-order valence-corrected chi connectivity index (χ1v) is 9.07. The Morgan fingerprint density at radius 3 is 2.37 bits per heavy atom. The Kier molecular flexibility index (Phi) is 8.72. The van der Waals surface area contributed by atoms with Crippen LogP contribution in [0.25, 0.3) is 0 Å². The number of carbonyl (C=O) groups is 2. The fourth-order valence-electron chi connectivity index (χ4n) is 2.20. The third-order valence-corrected chi connectivity index (χ3v) is 3.64. The van der Waals surface area contributed by atoms with Crippen LogP contribution in [-0.4, -0.2) is 42.1 Å². The lowest BCUT2D eigenvalue weighted by atomic mass is 9.90. The highest BCUT2D eigenvalue weighted by molar-refractivity contribution is 5.76. The third kappa shape index (κ3) is 11.2. The molecule has 0 radical (unpaired) electrons. The van der Waals surface area contributed by atoms with Gasteiger partial charge in [0.15, 0.2) is 5.79 Å². The van der Waals surface area contributed by atoms with Gasteiger partial charge in [0.05, 0.1) is 6.61 Å². The number of aliphatic hydroxyl groups is 1. The molecule has 0 aliphatic heterocycles. The number of alkyl carbamates (subject to hydrolysis) is 1. The van der Waals surface area contributed by atoms with Gasteiger partial charge in [-0.25, -0.2) is 4.79 Å². The molecule has 2 amide bonds. The van der Waals surface area contributed by atoms with E-state index >= 15 is 0 Å². The van der Waals surface area contributed by atoms with Crippen LogP contribution in [0.5, 0.6) is 0 Å². The van der Waals surface area contributed by atoms with Gasteiger partial charge in [0.2, 0.25) is 5.91 Å². The summed E-state index contributed by atoms with van der Waals surface area (Å²) in [5.74, 6) is -1.38. The molecule has 7 nitrogen and oxygen atoms in total. The van der Waals surface area contributed by atoms with Crippen LogP contribution in [0.1, 0.15) is 46.6 Å². The highest BCUT2D eigenvalue weighted by Crippen LogP contribution is 2.22. The average molecular weight is 380 g/mol. The van der Waals surface area contributed by atoms with Crippen molar-refractivity contribution in [2.45, 2.75) is 59.5 Å². The maximum Gasteiger partial charge on any atom is 0.407 e. The van der Waals surface area contributed by atoms with Crippen molar-refractivity contribution in [3.05, 3.63) is 35.9 Å². The van der Waals surface area contributed by atoms with Crippen LogP contribution in [0.2, 0.25) is 0 Å². The van der Waals surface area contributed by atoms with Crippen molar-refractivity contribution in [3.63, 3.8) is 0 Å². The molecule has 152 valence electrons. The number of rotatable bonds is 10.